The Kier molecular flexibility index (Phi) is 4.40. The van der Waals surface area contributed by atoms with Gasteiger partial charge in [-0.25, -0.2) is 8.78 Å². The predicted octanol–water partition coefficient (Wildman–Crippen LogP) is 4.55. The molecule has 0 aliphatic carbocycles. The third-order valence-corrected chi connectivity index (χ3v) is 3.34. The lowest BCUT2D eigenvalue weighted by atomic mass is 10.0. The van der Waals surface area contributed by atoms with E-state index in [0.717, 1.165) is 18.2 Å². The van der Waals surface area contributed by atoms with Gasteiger partial charge in [0.1, 0.15) is 11.6 Å². The van der Waals surface area contributed by atoms with Crippen molar-refractivity contribution in [2.24, 2.45) is 0 Å². The molecule has 19 heavy (non-hydrogen) atoms. The van der Waals surface area contributed by atoms with E-state index in [1.807, 2.05) is 0 Å². The second-order valence-electron chi connectivity index (χ2n) is 4.13. The first-order chi connectivity index (χ1) is 8.97. The second kappa shape index (κ2) is 5.87. The quantitative estimate of drug-likeness (QED) is 0.882. The lowest BCUT2D eigenvalue weighted by molar-refractivity contribution is 0.178. The van der Waals surface area contributed by atoms with E-state index in [-0.39, 0.29) is 6.42 Å². The summed E-state index contributed by atoms with van der Waals surface area (Å²) < 4.78 is 26.1. The summed E-state index contributed by atoms with van der Waals surface area (Å²) in [6.45, 7) is 0. The highest BCUT2D eigenvalue weighted by molar-refractivity contribution is 6.36. The van der Waals surface area contributed by atoms with E-state index in [0.29, 0.717) is 21.2 Å². The first-order valence-electron chi connectivity index (χ1n) is 5.54. The topological polar surface area (TPSA) is 20.2 Å². The van der Waals surface area contributed by atoms with E-state index in [1.54, 1.807) is 18.2 Å². The van der Waals surface area contributed by atoms with E-state index in [1.165, 1.54) is 0 Å². The minimum Gasteiger partial charge on any atom is -0.388 e. The van der Waals surface area contributed by atoms with Gasteiger partial charge in [0, 0.05) is 28.1 Å². The maximum Gasteiger partial charge on any atom is 0.126 e. The van der Waals surface area contributed by atoms with Gasteiger partial charge >= 0.3 is 0 Å². The van der Waals surface area contributed by atoms with Crippen LogP contribution in [0.5, 0.6) is 0 Å². The van der Waals surface area contributed by atoms with E-state index >= 15 is 0 Å². The van der Waals surface area contributed by atoms with Crippen molar-refractivity contribution in [2.75, 3.05) is 0 Å². The maximum absolute atomic E-state index is 13.1. The molecule has 0 spiro atoms. The molecule has 1 atom stereocenters. The number of rotatable bonds is 3. The van der Waals surface area contributed by atoms with Crippen LogP contribution >= 0.6 is 23.2 Å². The molecule has 100 valence electrons. The van der Waals surface area contributed by atoms with Gasteiger partial charge in [0.25, 0.3) is 0 Å². The Morgan fingerprint density at radius 2 is 1.53 bits per heavy atom. The van der Waals surface area contributed by atoms with Gasteiger partial charge in [0.05, 0.1) is 6.10 Å². The molecule has 0 aromatic heterocycles. The summed E-state index contributed by atoms with van der Waals surface area (Å²) in [5, 5.41) is 10.7. The summed E-state index contributed by atoms with van der Waals surface area (Å²) in [7, 11) is 0. The summed E-state index contributed by atoms with van der Waals surface area (Å²) in [4.78, 5) is 0. The summed E-state index contributed by atoms with van der Waals surface area (Å²) >= 11 is 11.9. The van der Waals surface area contributed by atoms with Crippen molar-refractivity contribution in [1.82, 2.24) is 0 Å². The summed E-state index contributed by atoms with van der Waals surface area (Å²) in [5.41, 5.74) is 0.691. The average Bonchev–Trinajstić information content (AvgIpc) is 2.26. The molecular weight excluding hydrogens is 293 g/mol. The monoisotopic (exact) mass is 302 g/mol. The summed E-state index contributed by atoms with van der Waals surface area (Å²) in [5.74, 6) is -1.38. The summed E-state index contributed by atoms with van der Waals surface area (Å²) in [6.07, 6.45) is -1.000. The summed E-state index contributed by atoms with van der Waals surface area (Å²) in [6, 6.07) is 7.95. The van der Waals surface area contributed by atoms with Crippen LogP contribution in [0.2, 0.25) is 10.0 Å². The van der Waals surface area contributed by atoms with Crippen molar-refractivity contribution in [1.29, 1.82) is 0 Å². The number of halogens is 4. The zero-order chi connectivity index (χ0) is 14.0. The van der Waals surface area contributed by atoms with Crippen molar-refractivity contribution in [3.63, 3.8) is 0 Å². The molecule has 0 saturated heterocycles. The molecule has 0 bridgehead atoms. The fourth-order valence-corrected chi connectivity index (χ4v) is 2.53. The van der Waals surface area contributed by atoms with Crippen molar-refractivity contribution in [2.45, 2.75) is 12.5 Å². The average molecular weight is 303 g/mol. The Morgan fingerprint density at radius 1 is 1.00 bits per heavy atom. The van der Waals surface area contributed by atoms with Crippen LogP contribution in [-0.2, 0) is 6.42 Å². The number of benzene rings is 2. The lowest BCUT2D eigenvalue weighted by Crippen LogP contribution is -2.04. The van der Waals surface area contributed by atoms with Gasteiger partial charge in [0.2, 0.25) is 0 Å². The minimum absolute atomic E-state index is 0.0259. The van der Waals surface area contributed by atoms with E-state index in [4.69, 9.17) is 23.2 Å². The molecule has 0 amide bonds. The minimum atomic E-state index is -1.03. The predicted molar refractivity (Wildman–Crippen MR) is 71.5 cm³/mol. The van der Waals surface area contributed by atoms with Gasteiger partial charge in [-0.2, -0.15) is 0 Å². The lowest BCUT2D eigenvalue weighted by Gasteiger charge is -2.14. The van der Waals surface area contributed by atoms with Crippen LogP contribution in [0.1, 0.15) is 17.2 Å². The third kappa shape index (κ3) is 3.44. The van der Waals surface area contributed by atoms with Gasteiger partial charge in [-0.05, 0) is 29.8 Å². The Hall–Kier alpha value is -1.16. The molecule has 0 heterocycles. The molecule has 2 aromatic carbocycles. The van der Waals surface area contributed by atoms with E-state index in [9.17, 15) is 13.9 Å². The van der Waals surface area contributed by atoms with Gasteiger partial charge in [-0.1, -0.05) is 29.3 Å². The first kappa shape index (κ1) is 14.3. The van der Waals surface area contributed by atoms with Crippen LogP contribution in [0.15, 0.2) is 36.4 Å². The molecule has 0 radical (unpaired) electrons. The molecular formula is C14H10Cl2F2O. The number of hydrogen-bond donors (Lipinski definition) is 1. The first-order valence-corrected chi connectivity index (χ1v) is 6.30. The largest absolute Gasteiger partial charge is 0.388 e. The van der Waals surface area contributed by atoms with Crippen molar-refractivity contribution in [3.8, 4) is 0 Å². The van der Waals surface area contributed by atoms with Crippen LogP contribution in [0.4, 0.5) is 8.78 Å². The molecule has 0 fully saturated rings. The molecule has 0 aliphatic heterocycles. The van der Waals surface area contributed by atoms with Gasteiger partial charge in [0.15, 0.2) is 0 Å². The second-order valence-corrected chi connectivity index (χ2v) is 4.95. The van der Waals surface area contributed by atoms with Crippen molar-refractivity contribution >= 4 is 23.2 Å². The van der Waals surface area contributed by atoms with Crippen molar-refractivity contribution < 1.29 is 13.9 Å². The van der Waals surface area contributed by atoms with Gasteiger partial charge < -0.3 is 5.11 Å². The SMILES string of the molecule is OC(Cc1cc(F)cc(F)c1)c1c(Cl)cccc1Cl. The maximum atomic E-state index is 13.1. The standard InChI is InChI=1S/C14H10Cl2F2O/c15-11-2-1-3-12(16)14(11)13(19)6-8-4-9(17)7-10(18)5-8/h1-5,7,13,19H,6H2. The van der Waals surface area contributed by atoms with Crippen molar-refractivity contribution in [3.05, 3.63) is 69.2 Å². The van der Waals surface area contributed by atoms with Crippen LogP contribution in [-0.4, -0.2) is 5.11 Å². The molecule has 0 saturated carbocycles. The number of aliphatic hydroxyl groups is 1. The van der Waals surface area contributed by atoms with Gasteiger partial charge in [-0.15, -0.1) is 0 Å². The Balaban J connectivity index is 2.28. The van der Waals surface area contributed by atoms with Gasteiger partial charge in [-0.3, -0.25) is 0 Å². The normalized spacial score (nSPS) is 12.5. The van der Waals surface area contributed by atoms with E-state index < -0.39 is 17.7 Å². The molecule has 2 aromatic rings. The van der Waals surface area contributed by atoms with E-state index in [2.05, 4.69) is 0 Å². The zero-order valence-corrected chi connectivity index (χ0v) is 11.2. The molecule has 2 rings (SSSR count). The fourth-order valence-electron chi connectivity index (χ4n) is 1.88. The van der Waals surface area contributed by atoms with Crippen LogP contribution < -0.4 is 0 Å². The smallest absolute Gasteiger partial charge is 0.126 e. The third-order valence-electron chi connectivity index (χ3n) is 2.68. The highest BCUT2D eigenvalue weighted by atomic mass is 35.5. The van der Waals surface area contributed by atoms with Crippen LogP contribution in [0.25, 0.3) is 0 Å². The molecule has 1 N–H and O–H groups in total. The molecule has 5 heteroatoms. The zero-order valence-electron chi connectivity index (χ0n) is 9.71. The molecule has 1 nitrogen and oxygen atoms in total. The molecule has 1 unspecified atom stereocenters. The number of aliphatic hydroxyl groups excluding tert-OH is 1. The highest BCUT2D eigenvalue weighted by Crippen LogP contribution is 2.32. The van der Waals surface area contributed by atoms with Crippen LogP contribution in [0, 0.1) is 11.6 Å². The Morgan fingerprint density at radius 3 is 2.05 bits per heavy atom. The highest BCUT2D eigenvalue weighted by Gasteiger charge is 2.16. The Labute approximate surface area is 119 Å². The fraction of sp³-hybridized carbons (Fsp3) is 0.143. The molecule has 0 aliphatic rings. The number of hydrogen-bond acceptors (Lipinski definition) is 1. The Bertz CT molecular complexity index is 561. The van der Waals surface area contributed by atoms with Crippen LogP contribution in [0.3, 0.4) is 0 Å².